The molecular formula is C71H124N2Ni. The molecule has 0 saturated heterocycles. The van der Waals surface area contributed by atoms with Crippen molar-refractivity contribution in [2.24, 2.45) is 0 Å². The quantitative estimate of drug-likeness (QED) is 0.0358. The van der Waals surface area contributed by atoms with Gasteiger partial charge in [-0.2, -0.15) is 0 Å². The molecule has 1 aliphatic rings. The molecule has 1 aliphatic heterocycles. The van der Waals surface area contributed by atoms with E-state index in [1.807, 2.05) is 14.4 Å². The second-order valence-electron chi connectivity index (χ2n) is 22.9. The van der Waals surface area contributed by atoms with Crippen molar-refractivity contribution in [3.05, 3.63) is 87.5 Å². The van der Waals surface area contributed by atoms with Gasteiger partial charge in [0.2, 0.25) is 11.4 Å². The number of allylic oxidation sites excluding steroid dienone is 2. The van der Waals surface area contributed by atoms with Gasteiger partial charge in [-0.15, -0.1) is 0 Å². The van der Waals surface area contributed by atoms with Gasteiger partial charge in [-0.1, -0.05) is 175 Å². The first-order valence-corrected chi connectivity index (χ1v) is 34.5. The van der Waals surface area contributed by atoms with Crippen molar-refractivity contribution in [2.75, 3.05) is 0 Å². The Morgan fingerprint density at radius 1 is 0.297 bits per heavy atom. The molecule has 0 N–H and O–H groups in total. The standard InChI is InChI=1S/C37H54N2.2C17H35.Ni/c1-5-9-13-16-20-30-22-18-24-32(28-30)36-34(26-12-8-4)35(27-15-11-7-3)37(39(36)38)33-25-19-23-31(29-33)21-17-14-10-6-2;2*1-3-5-7-9-11-13-15-17-16-14-12-10-8-6-4-2;/h18-19,22-25,28-29H,5-17,20-21,26-27H2,1-4H3;2*1,3-17H2,2H3;. The van der Waals surface area contributed by atoms with Crippen molar-refractivity contribution < 1.29 is 19.1 Å². The zero-order valence-corrected chi connectivity index (χ0v) is 51.5. The van der Waals surface area contributed by atoms with Crippen LogP contribution in [0.2, 0.25) is 10.8 Å². The van der Waals surface area contributed by atoms with Crippen LogP contribution in [0.25, 0.3) is 16.9 Å². The zero-order valence-electron chi connectivity index (χ0n) is 50.5. The molecule has 428 valence electrons. The molecule has 2 aromatic carbocycles. The van der Waals surface area contributed by atoms with E-state index in [0.29, 0.717) is 0 Å². The summed E-state index contributed by atoms with van der Waals surface area (Å²) < 4.78 is 1.57. The van der Waals surface area contributed by atoms with E-state index in [0.717, 1.165) is 61.0 Å². The third kappa shape index (κ3) is 34.0. The number of hydrogen-bond acceptors (Lipinski definition) is 0. The fourth-order valence-electron chi connectivity index (χ4n) is 11.1. The van der Waals surface area contributed by atoms with Gasteiger partial charge in [0.1, 0.15) is 0 Å². The Hall–Kier alpha value is -1.99. The number of hydrogen-bond donors (Lipinski definition) is 0. The van der Waals surface area contributed by atoms with Gasteiger partial charge in [0.25, 0.3) is 0 Å². The first-order chi connectivity index (χ1) is 36.6. The Balaban J connectivity index is 0.000000511. The number of rotatable bonds is 51. The Bertz CT molecular complexity index is 1620. The van der Waals surface area contributed by atoms with E-state index in [1.54, 1.807) is 4.70 Å². The number of nitrogens with zero attached hydrogens (tertiary/aromatic N) is 2. The molecule has 0 aromatic heterocycles. The third-order valence-corrected chi connectivity index (χ3v) is 17.3. The van der Waals surface area contributed by atoms with Crippen LogP contribution < -0.4 is 0 Å². The molecule has 2 aromatic rings. The van der Waals surface area contributed by atoms with E-state index >= 15 is 0 Å². The number of aryl methyl sites for hydroxylation is 2. The second kappa shape index (κ2) is 50.5. The summed E-state index contributed by atoms with van der Waals surface area (Å²) in [6, 6.07) is 18.0. The number of benzene rings is 2. The smallest absolute Gasteiger partial charge is 0.493 e. The van der Waals surface area contributed by atoms with E-state index in [-0.39, 0.29) is 0 Å². The van der Waals surface area contributed by atoms with Gasteiger partial charge in [0.15, 0.2) is 0 Å². The first-order valence-electron chi connectivity index (χ1n) is 33.1. The molecule has 3 heteroatoms. The Labute approximate surface area is 469 Å². The van der Waals surface area contributed by atoms with E-state index in [9.17, 15) is 5.53 Å². The summed E-state index contributed by atoms with van der Waals surface area (Å²) in [7, 11) is 0. The summed E-state index contributed by atoms with van der Waals surface area (Å²) in [6.07, 6.45) is 64.6. The number of unbranched alkanes of at least 4 members (excludes halogenated alkanes) is 37. The molecular weight excluding hydrogens is 939 g/mol. The second-order valence-corrected chi connectivity index (χ2v) is 24.4. The van der Waals surface area contributed by atoms with Crippen LogP contribution in [0.15, 0.2) is 59.7 Å². The van der Waals surface area contributed by atoms with Crippen molar-refractivity contribution in [1.82, 2.24) is 0 Å². The molecule has 0 atom stereocenters. The van der Waals surface area contributed by atoms with E-state index in [4.69, 9.17) is 0 Å². The molecule has 2 nitrogen and oxygen atoms in total. The minimum atomic E-state index is 1.02. The monoisotopic (exact) mass is 1060 g/mol. The van der Waals surface area contributed by atoms with Crippen LogP contribution in [0.5, 0.6) is 0 Å². The van der Waals surface area contributed by atoms with Crippen LogP contribution >= 0.6 is 0 Å². The van der Waals surface area contributed by atoms with Crippen LogP contribution in [-0.2, 0) is 27.3 Å². The average molecular weight is 1060 g/mol. The van der Waals surface area contributed by atoms with Crippen molar-refractivity contribution in [3.8, 4) is 0 Å². The Kier molecular flexibility index (Phi) is 46.5. The fraction of sp³-hybridized carbons (Fsp3) is 0.775. The first kappa shape index (κ1) is 68.1. The van der Waals surface area contributed by atoms with Crippen LogP contribution in [0.4, 0.5) is 0 Å². The van der Waals surface area contributed by atoms with E-state index in [1.165, 1.54) is 296 Å². The van der Waals surface area contributed by atoms with Crippen LogP contribution in [0.3, 0.4) is 0 Å². The summed E-state index contributed by atoms with van der Waals surface area (Å²) in [5, 5.41) is 2.87. The summed E-state index contributed by atoms with van der Waals surface area (Å²) in [5.74, 6) is 0. The van der Waals surface area contributed by atoms with Gasteiger partial charge in [0.05, 0.1) is 0 Å². The zero-order chi connectivity index (χ0) is 53.2. The summed E-state index contributed by atoms with van der Waals surface area (Å²) >= 11 is 2.04. The topological polar surface area (TPSA) is 25.3 Å². The molecule has 0 amide bonds. The molecule has 0 fully saturated rings. The van der Waals surface area contributed by atoms with Gasteiger partial charge >= 0.3 is 166 Å². The van der Waals surface area contributed by atoms with E-state index < -0.39 is 0 Å². The predicted octanol–water partition coefficient (Wildman–Crippen LogP) is 25.5. The molecule has 74 heavy (non-hydrogen) atoms. The van der Waals surface area contributed by atoms with Crippen LogP contribution in [0.1, 0.15) is 353 Å². The fourth-order valence-corrected chi connectivity index (χ4v) is 12.3. The van der Waals surface area contributed by atoms with Gasteiger partial charge in [-0.25, -0.2) is 4.70 Å². The Morgan fingerprint density at radius 3 is 0.878 bits per heavy atom. The van der Waals surface area contributed by atoms with Gasteiger partial charge in [-0.05, 0) is 86.8 Å². The minimum absolute atomic E-state index is 1.02. The van der Waals surface area contributed by atoms with Crippen molar-refractivity contribution in [1.29, 1.82) is 0 Å². The maximum atomic E-state index is 11.9. The SMILES string of the molecule is CCCCCCCCCCCCCCCC[CH2][Ni][CH2]CCCCCCCCCCCCCCCC.CCCCCCc1cccc(C2=C(CCCC)C(CCCCC)=C(c3cccc(CCCCCC)c3)[N+]2=[N-])c1. The molecule has 0 radical (unpaired) electrons. The van der Waals surface area contributed by atoms with Crippen LogP contribution in [0, 0.1) is 0 Å². The third-order valence-electron chi connectivity index (χ3n) is 15.9. The molecule has 0 bridgehead atoms. The van der Waals surface area contributed by atoms with Crippen molar-refractivity contribution in [2.45, 2.75) is 354 Å². The molecule has 0 saturated carbocycles. The summed E-state index contributed by atoms with van der Waals surface area (Å²) in [4.78, 5) is 0. The van der Waals surface area contributed by atoms with Crippen LogP contribution in [-0.4, -0.2) is 4.70 Å². The predicted molar refractivity (Wildman–Crippen MR) is 329 cm³/mol. The normalized spacial score (nSPS) is 12.7. The molecule has 0 aliphatic carbocycles. The van der Waals surface area contributed by atoms with Gasteiger partial charge in [-0.3, -0.25) is 0 Å². The summed E-state index contributed by atoms with van der Waals surface area (Å²) in [6.45, 7) is 13.7. The van der Waals surface area contributed by atoms with Gasteiger partial charge < -0.3 is 5.53 Å². The van der Waals surface area contributed by atoms with Gasteiger partial charge in [0, 0.05) is 22.3 Å². The Morgan fingerprint density at radius 2 is 0.554 bits per heavy atom. The van der Waals surface area contributed by atoms with Crippen molar-refractivity contribution >= 4 is 11.4 Å². The van der Waals surface area contributed by atoms with E-state index in [2.05, 4.69) is 90.1 Å². The molecule has 3 rings (SSSR count). The summed E-state index contributed by atoms with van der Waals surface area (Å²) in [5.41, 5.74) is 21.8. The average Bonchev–Trinajstić information content (AvgIpc) is 3.70. The molecule has 0 unspecified atom stereocenters. The molecule has 1 heterocycles. The molecule has 0 spiro atoms. The maximum absolute atomic E-state index is 11.9. The van der Waals surface area contributed by atoms with Crippen molar-refractivity contribution in [3.63, 3.8) is 0 Å². The minimum Gasteiger partial charge on any atom is -0.493 e.